The SMILES string of the molecule is O=C(O)c1ccc(F)c(CNCC2(O)CCCCCC2)c1. The molecule has 0 spiro atoms. The highest BCUT2D eigenvalue weighted by Gasteiger charge is 2.27. The van der Waals surface area contributed by atoms with Crippen LogP contribution in [0.15, 0.2) is 18.2 Å². The lowest BCUT2D eigenvalue weighted by Gasteiger charge is -2.27. The molecule has 0 saturated heterocycles. The third-order valence-corrected chi connectivity index (χ3v) is 4.10. The minimum Gasteiger partial charge on any atom is -0.478 e. The highest BCUT2D eigenvalue weighted by molar-refractivity contribution is 5.87. The summed E-state index contributed by atoms with van der Waals surface area (Å²) in [7, 11) is 0. The zero-order valence-electron chi connectivity index (χ0n) is 12.1. The van der Waals surface area contributed by atoms with Gasteiger partial charge in [-0.15, -0.1) is 0 Å². The molecule has 3 N–H and O–H groups in total. The number of carboxylic acids is 1. The van der Waals surface area contributed by atoms with Crippen LogP contribution in [0.1, 0.15) is 54.4 Å². The van der Waals surface area contributed by atoms with Crippen LogP contribution in [0.2, 0.25) is 0 Å². The van der Waals surface area contributed by atoms with Crippen molar-refractivity contribution in [3.8, 4) is 0 Å². The van der Waals surface area contributed by atoms with Crippen LogP contribution in [0.25, 0.3) is 0 Å². The Hall–Kier alpha value is -1.46. The molecule has 0 aliphatic heterocycles. The van der Waals surface area contributed by atoms with Crippen LogP contribution < -0.4 is 5.32 Å². The lowest BCUT2D eigenvalue weighted by Crippen LogP contribution is -2.40. The van der Waals surface area contributed by atoms with Crippen molar-refractivity contribution in [3.05, 3.63) is 35.1 Å². The molecule has 116 valence electrons. The van der Waals surface area contributed by atoms with Crippen LogP contribution in [-0.4, -0.2) is 28.3 Å². The van der Waals surface area contributed by atoms with Crippen LogP contribution in [0.5, 0.6) is 0 Å². The first-order chi connectivity index (χ1) is 10.0. The van der Waals surface area contributed by atoms with Crippen molar-refractivity contribution >= 4 is 5.97 Å². The molecule has 0 bridgehead atoms. The van der Waals surface area contributed by atoms with E-state index in [0.717, 1.165) is 38.5 Å². The fourth-order valence-electron chi connectivity index (χ4n) is 2.84. The van der Waals surface area contributed by atoms with Crippen LogP contribution >= 0.6 is 0 Å². The third-order valence-electron chi connectivity index (χ3n) is 4.10. The molecule has 0 radical (unpaired) electrons. The van der Waals surface area contributed by atoms with Gasteiger partial charge in [0.15, 0.2) is 0 Å². The molecule has 4 nitrogen and oxygen atoms in total. The van der Waals surface area contributed by atoms with Gasteiger partial charge < -0.3 is 15.5 Å². The summed E-state index contributed by atoms with van der Waals surface area (Å²) < 4.78 is 13.7. The first-order valence-electron chi connectivity index (χ1n) is 7.45. The number of carbonyl (C=O) groups is 1. The Kier molecular flexibility index (Phi) is 5.31. The van der Waals surface area contributed by atoms with Gasteiger partial charge >= 0.3 is 5.97 Å². The van der Waals surface area contributed by atoms with Gasteiger partial charge in [0.1, 0.15) is 5.82 Å². The monoisotopic (exact) mass is 295 g/mol. The topological polar surface area (TPSA) is 69.6 Å². The summed E-state index contributed by atoms with van der Waals surface area (Å²) in [6.45, 7) is 0.624. The van der Waals surface area contributed by atoms with E-state index < -0.39 is 17.4 Å². The minimum atomic E-state index is -1.07. The molecule has 1 saturated carbocycles. The molecule has 1 aliphatic carbocycles. The molecular formula is C16H22FNO3. The summed E-state index contributed by atoms with van der Waals surface area (Å²) in [5, 5.41) is 22.5. The predicted molar refractivity (Wildman–Crippen MR) is 77.7 cm³/mol. The van der Waals surface area contributed by atoms with Crippen molar-refractivity contribution < 1.29 is 19.4 Å². The average Bonchev–Trinajstić information content (AvgIpc) is 2.66. The van der Waals surface area contributed by atoms with Crippen molar-refractivity contribution in [3.63, 3.8) is 0 Å². The van der Waals surface area contributed by atoms with Gasteiger partial charge in [0.05, 0.1) is 11.2 Å². The number of benzene rings is 1. The number of halogens is 1. The second-order valence-electron chi connectivity index (χ2n) is 5.85. The Morgan fingerprint density at radius 2 is 1.90 bits per heavy atom. The molecule has 1 fully saturated rings. The van der Waals surface area contributed by atoms with E-state index >= 15 is 0 Å². The molecule has 1 aromatic rings. The van der Waals surface area contributed by atoms with Crippen LogP contribution in [0.3, 0.4) is 0 Å². The summed E-state index contributed by atoms with van der Waals surface area (Å²) in [4.78, 5) is 10.9. The molecule has 5 heteroatoms. The van der Waals surface area contributed by atoms with Gasteiger partial charge in [-0.05, 0) is 31.0 Å². The lowest BCUT2D eigenvalue weighted by molar-refractivity contribution is 0.0249. The number of rotatable bonds is 5. The fourth-order valence-corrected chi connectivity index (χ4v) is 2.84. The highest BCUT2D eigenvalue weighted by Crippen LogP contribution is 2.26. The Morgan fingerprint density at radius 1 is 1.24 bits per heavy atom. The van der Waals surface area contributed by atoms with Gasteiger partial charge in [-0.2, -0.15) is 0 Å². The van der Waals surface area contributed by atoms with Crippen molar-refractivity contribution in [1.29, 1.82) is 0 Å². The van der Waals surface area contributed by atoms with E-state index in [4.69, 9.17) is 5.11 Å². The Balaban J connectivity index is 1.93. The maximum Gasteiger partial charge on any atom is 0.335 e. The molecule has 0 atom stereocenters. The maximum absolute atomic E-state index is 13.7. The zero-order valence-corrected chi connectivity index (χ0v) is 12.1. The summed E-state index contributed by atoms with van der Waals surface area (Å²) >= 11 is 0. The number of hydrogen-bond donors (Lipinski definition) is 3. The first kappa shape index (κ1) is 15.9. The zero-order chi connectivity index (χ0) is 15.3. The van der Waals surface area contributed by atoms with Crippen LogP contribution in [-0.2, 0) is 6.54 Å². The Bertz CT molecular complexity index is 496. The minimum absolute atomic E-state index is 0.0707. The molecule has 0 heterocycles. The van der Waals surface area contributed by atoms with Gasteiger partial charge in [-0.25, -0.2) is 9.18 Å². The number of aliphatic hydroxyl groups is 1. The summed E-state index contributed by atoms with van der Waals surface area (Å²) in [5.74, 6) is -1.50. The summed E-state index contributed by atoms with van der Waals surface area (Å²) in [6.07, 6.45) is 5.85. The Labute approximate surface area is 124 Å². The van der Waals surface area contributed by atoms with E-state index in [1.165, 1.54) is 18.2 Å². The second kappa shape index (κ2) is 7.00. The van der Waals surface area contributed by atoms with E-state index in [2.05, 4.69) is 5.32 Å². The van der Waals surface area contributed by atoms with Crippen LogP contribution in [0, 0.1) is 5.82 Å². The molecule has 2 rings (SSSR count). The molecule has 0 unspecified atom stereocenters. The van der Waals surface area contributed by atoms with Gasteiger partial charge in [0, 0.05) is 18.7 Å². The lowest BCUT2D eigenvalue weighted by atomic mass is 9.94. The van der Waals surface area contributed by atoms with Crippen molar-refractivity contribution in [2.24, 2.45) is 0 Å². The molecule has 1 aromatic carbocycles. The average molecular weight is 295 g/mol. The van der Waals surface area contributed by atoms with Crippen molar-refractivity contribution in [2.75, 3.05) is 6.54 Å². The summed E-state index contributed by atoms with van der Waals surface area (Å²) in [6, 6.07) is 3.75. The van der Waals surface area contributed by atoms with E-state index in [0.29, 0.717) is 12.1 Å². The van der Waals surface area contributed by atoms with E-state index in [1.54, 1.807) is 0 Å². The van der Waals surface area contributed by atoms with Crippen LogP contribution in [0.4, 0.5) is 4.39 Å². The Morgan fingerprint density at radius 3 is 2.52 bits per heavy atom. The van der Waals surface area contributed by atoms with E-state index in [-0.39, 0.29) is 12.1 Å². The first-order valence-corrected chi connectivity index (χ1v) is 7.45. The highest BCUT2D eigenvalue weighted by atomic mass is 19.1. The number of aromatic carboxylic acids is 1. The third kappa shape index (κ3) is 4.51. The van der Waals surface area contributed by atoms with E-state index in [1.807, 2.05) is 0 Å². The standard InChI is InChI=1S/C16H22FNO3/c17-14-6-5-12(15(19)20)9-13(14)10-18-11-16(21)7-3-1-2-4-8-16/h5-6,9,18,21H,1-4,7-8,10-11H2,(H,19,20). The molecule has 21 heavy (non-hydrogen) atoms. The molecule has 0 aromatic heterocycles. The largest absolute Gasteiger partial charge is 0.478 e. The van der Waals surface area contributed by atoms with Gasteiger partial charge in [0.2, 0.25) is 0 Å². The smallest absolute Gasteiger partial charge is 0.335 e. The maximum atomic E-state index is 13.7. The van der Waals surface area contributed by atoms with E-state index in [9.17, 15) is 14.3 Å². The predicted octanol–water partition coefficient (Wildman–Crippen LogP) is 2.70. The molecular weight excluding hydrogens is 273 g/mol. The quantitative estimate of drug-likeness (QED) is 0.731. The normalized spacial score (nSPS) is 18.2. The van der Waals surface area contributed by atoms with Gasteiger partial charge in [0.25, 0.3) is 0 Å². The number of hydrogen-bond acceptors (Lipinski definition) is 3. The number of nitrogens with one attached hydrogen (secondary N) is 1. The molecule has 0 amide bonds. The number of carboxylic acid groups (broad SMARTS) is 1. The second-order valence-corrected chi connectivity index (χ2v) is 5.85. The van der Waals surface area contributed by atoms with Gasteiger partial charge in [-0.3, -0.25) is 0 Å². The van der Waals surface area contributed by atoms with Crippen molar-refractivity contribution in [1.82, 2.24) is 5.32 Å². The van der Waals surface area contributed by atoms with Gasteiger partial charge in [-0.1, -0.05) is 25.7 Å². The molecule has 1 aliphatic rings. The summed E-state index contributed by atoms with van der Waals surface area (Å²) in [5.41, 5.74) is -0.342. The van der Waals surface area contributed by atoms with Crippen molar-refractivity contribution in [2.45, 2.75) is 50.7 Å². The fraction of sp³-hybridized carbons (Fsp3) is 0.562.